The first kappa shape index (κ1) is 27.6. The lowest BCUT2D eigenvalue weighted by molar-refractivity contribution is -0.242. The summed E-state index contributed by atoms with van der Waals surface area (Å²) in [6, 6.07) is 4.65. The summed E-state index contributed by atoms with van der Waals surface area (Å²) in [4.78, 5) is 53.7. The fourth-order valence-electron chi connectivity index (χ4n) is 7.86. The van der Waals surface area contributed by atoms with Gasteiger partial charge in [0.1, 0.15) is 24.8 Å². The normalized spacial score (nSPS) is 37.2. The van der Waals surface area contributed by atoms with Gasteiger partial charge in [-0.3, -0.25) is 13.8 Å². The van der Waals surface area contributed by atoms with Gasteiger partial charge in [-0.2, -0.15) is 8.42 Å². The van der Waals surface area contributed by atoms with E-state index in [2.05, 4.69) is 6.58 Å². The fourth-order valence-corrected chi connectivity index (χ4v) is 8.55. The first-order valence-electron chi connectivity index (χ1n) is 12.9. The van der Waals surface area contributed by atoms with Gasteiger partial charge < -0.3 is 14.3 Å². The van der Waals surface area contributed by atoms with E-state index >= 15 is 0 Å². The molecule has 9 nitrogen and oxygen atoms in total. The smallest absolute Gasteiger partial charge is 0.338 e. The highest BCUT2D eigenvalue weighted by atomic mass is 32.2. The van der Waals surface area contributed by atoms with E-state index < -0.39 is 79.9 Å². The molecule has 1 heterocycles. The highest BCUT2D eigenvalue weighted by Gasteiger charge is 2.79. The van der Waals surface area contributed by atoms with Crippen molar-refractivity contribution < 1.29 is 45.6 Å². The molecule has 0 unspecified atom stereocenters. The number of rotatable bonds is 5. The van der Waals surface area contributed by atoms with E-state index in [0.29, 0.717) is 12.8 Å². The van der Waals surface area contributed by atoms with Crippen molar-refractivity contribution in [2.45, 2.75) is 51.7 Å². The largest absolute Gasteiger partial charge is 0.464 e. The minimum Gasteiger partial charge on any atom is -0.464 e. The molecule has 39 heavy (non-hydrogen) atoms. The zero-order valence-corrected chi connectivity index (χ0v) is 22.8. The number of hydrogen-bond donors (Lipinski definition) is 0. The minimum absolute atomic E-state index is 0.0223. The van der Waals surface area contributed by atoms with Gasteiger partial charge in [0.25, 0.3) is 10.1 Å². The summed E-state index contributed by atoms with van der Waals surface area (Å²) in [5.74, 6) is -5.40. The second kappa shape index (κ2) is 9.05. The van der Waals surface area contributed by atoms with E-state index in [1.54, 1.807) is 0 Å². The van der Waals surface area contributed by atoms with Crippen LogP contribution in [0.15, 0.2) is 36.4 Å². The average Bonchev–Trinajstić information content (AvgIpc) is 2.97. The standard InChI is InChI=1S/C28H31FO9S/c1-15-18-9-10-19-27(20(13-30)26(2,3)12-11-21(27)38-39(4,34)35)14-36-25(33)28(19,22(15)31)23(18)37-24(32)16-5-7-17(29)8-6-16/h5-8,13,18-21,23H,1,9-12,14H2,2-4H3/t18-,19-,20+,21-,23+,27-,28-/m0/s1. The van der Waals surface area contributed by atoms with Gasteiger partial charge in [-0.05, 0) is 66.9 Å². The summed E-state index contributed by atoms with van der Waals surface area (Å²) in [5, 5.41) is 0. The van der Waals surface area contributed by atoms with E-state index in [1.807, 2.05) is 13.8 Å². The van der Waals surface area contributed by atoms with Crippen LogP contribution in [0.2, 0.25) is 0 Å². The number of aldehydes is 1. The third-order valence-electron chi connectivity index (χ3n) is 9.50. The molecule has 3 aliphatic carbocycles. The van der Waals surface area contributed by atoms with Crippen LogP contribution in [-0.2, 0) is 38.2 Å². The number of carbonyl (C=O) groups excluding carboxylic acids is 4. The maximum atomic E-state index is 14.0. The summed E-state index contributed by atoms with van der Waals surface area (Å²) in [6.07, 6.45) is 0.570. The van der Waals surface area contributed by atoms with Gasteiger partial charge in [0.15, 0.2) is 11.2 Å². The van der Waals surface area contributed by atoms with Crippen LogP contribution in [0.3, 0.4) is 0 Å². The molecule has 1 saturated heterocycles. The molecule has 210 valence electrons. The van der Waals surface area contributed by atoms with Crippen molar-refractivity contribution in [1.82, 2.24) is 0 Å². The molecule has 0 aromatic heterocycles. The molecule has 5 rings (SSSR count). The van der Waals surface area contributed by atoms with Gasteiger partial charge in [0.2, 0.25) is 0 Å². The maximum Gasteiger partial charge on any atom is 0.338 e. The Kier molecular flexibility index (Phi) is 6.42. The lowest BCUT2D eigenvalue weighted by atomic mass is 9.43. The van der Waals surface area contributed by atoms with Gasteiger partial charge in [-0.25, -0.2) is 9.18 Å². The molecule has 0 N–H and O–H groups in total. The molecule has 4 aliphatic rings. The van der Waals surface area contributed by atoms with Crippen molar-refractivity contribution in [2.75, 3.05) is 12.9 Å². The number of fused-ring (bicyclic) bond motifs is 2. The minimum atomic E-state index is -4.01. The van der Waals surface area contributed by atoms with E-state index in [9.17, 15) is 32.0 Å². The van der Waals surface area contributed by atoms with Crippen LogP contribution < -0.4 is 0 Å². The highest BCUT2D eigenvalue weighted by Crippen LogP contribution is 2.68. The Morgan fingerprint density at radius 1 is 1.15 bits per heavy atom. The molecule has 1 aliphatic heterocycles. The predicted octanol–water partition coefficient (Wildman–Crippen LogP) is 3.03. The third-order valence-corrected chi connectivity index (χ3v) is 10.1. The Morgan fingerprint density at radius 2 is 1.82 bits per heavy atom. The second-order valence-electron chi connectivity index (χ2n) is 11.9. The summed E-state index contributed by atoms with van der Waals surface area (Å²) in [6.45, 7) is 7.35. The summed E-state index contributed by atoms with van der Waals surface area (Å²) in [5.41, 5.74) is -3.91. The fraction of sp³-hybridized carbons (Fsp3) is 0.571. The topological polar surface area (TPSA) is 130 Å². The van der Waals surface area contributed by atoms with Gasteiger partial charge in [0.05, 0.1) is 17.9 Å². The van der Waals surface area contributed by atoms with Crippen LogP contribution in [0.4, 0.5) is 4.39 Å². The molecule has 1 aromatic carbocycles. The second-order valence-corrected chi connectivity index (χ2v) is 13.5. The number of halogens is 1. The number of hydrogen-bond acceptors (Lipinski definition) is 9. The molecule has 2 spiro atoms. The molecular weight excluding hydrogens is 531 g/mol. The summed E-state index contributed by atoms with van der Waals surface area (Å²) < 4.78 is 55.4. The van der Waals surface area contributed by atoms with Crippen LogP contribution in [0.25, 0.3) is 0 Å². The zero-order valence-electron chi connectivity index (χ0n) is 22.0. The lowest BCUT2D eigenvalue weighted by Crippen LogP contribution is -2.71. The van der Waals surface area contributed by atoms with Gasteiger partial charge in [-0.15, -0.1) is 0 Å². The van der Waals surface area contributed by atoms with Crippen molar-refractivity contribution in [1.29, 1.82) is 0 Å². The van der Waals surface area contributed by atoms with Crippen LogP contribution in [-0.4, -0.2) is 57.5 Å². The van der Waals surface area contributed by atoms with Crippen molar-refractivity contribution in [3.05, 3.63) is 47.8 Å². The highest BCUT2D eigenvalue weighted by molar-refractivity contribution is 7.86. The van der Waals surface area contributed by atoms with Crippen LogP contribution in [0.5, 0.6) is 0 Å². The number of carbonyl (C=O) groups is 4. The quantitative estimate of drug-likeness (QED) is 0.175. The van der Waals surface area contributed by atoms with Crippen molar-refractivity contribution in [3.63, 3.8) is 0 Å². The van der Waals surface area contributed by atoms with Crippen molar-refractivity contribution in [2.24, 2.45) is 34.0 Å². The van der Waals surface area contributed by atoms with Crippen molar-refractivity contribution >= 4 is 34.1 Å². The van der Waals surface area contributed by atoms with Crippen molar-refractivity contribution in [3.8, 4) is 0 Å². The molecule has 1 aromatic rings. The molecule has 3 saturated carbocycles. The predicted molar refractivity (Wildman–Crippen MR) is 134 cm³/mol. The van der Waals surface area contributed by atoms with Gasteiger partial charge in [0, 0.05) is 17.3 Å². The molecule has 7 atom stereocenters. The molecule has 0 radical (unpaired) electrons. The first-order valence-corrected chi connectivity index (χ1v) is 14.7. The Hall–Kier alpha value is -2.92. The number of ketones is 1. The lowest BCUT2D eigenvalue weighted by Gasteiger charge is -2.62. The molecule has 11 heteroatoms. The average molecular weight is 563 g/mol. The van der Waals surface area contributed by atoms with Crippen LogP contribution in [0, 0.1) is 39.8 Å². The first-order chi connectivity index (χ1) is 18.2. The monoisotopic (exact) mass is 562 g/mol. The molecule has 2 bridgehead atoms. The van der Waals surface area contributed by atoms with Gasteiger partial charge >= 0.3 is 11.9 Å². The maximum absolute atomic E-state index is 14.0. The molecular formula is C28H31FO9S. The Morgan fingerprint density at radius 3 is 2.44 bits per heavy atom. The summed E-state index contributed by atoms with van der Waals surface area (Å²) >= 11 is 0. The summed E-state index contributed by atoms with van der Waals surface area (Å²) in [7, 11) is -4.01. The number of ether oxygens (including phenoxy) is 2. The van der Waals surface area contributed by atoms with E-state index in [-0.39, 0.29) is 30.6 Å². The third kappa shape index (κ3) is 3.91. The van der Waals surface area contributed by atoms with Gasteiger partial charge in [-0.1, -0.05) is 20.4 Å². The number of benzene rings is 1. The van der Waals surface area contributed by atoms with Crippen LogP contribution >= 0.6 is 0 Å². The van der Waals surface area contributed by atoms with Crippen LogP contribution in [0.1, 0.15) is 49.9 Å². The Balaban J connectivity index is 1.68. The zero-order chi connectivity index (χ0) is 28.5. The molecule has 4 fully saturated rings. The molecule has 0 amide bonds. The number of esters is 2. The number of cyclic esters (lactones) is 1. The number of Topliss-reactive ketones (excluding diaryl/α,β-unsaturated/α-hetero) is 1. The SMILES string of the molecule is C=C1C(=O)[C@@]23C(=O)OC[C@]4([C@@H](OS(C)(=O)=O)CCC(C)(C)[C@H]4C=O)[C@@H]2CC[C@@H]1[C@H]3OC(=O)c1ccc(F)cc1. The van der Waals surface area contributed by atoms with E-state index in [0.717, 1.165) is 24.7 Å². The van der Waals surface area contributed by atoms with E-state index in [4.69, 9.17) is 13.7 Å². The van der Waals surface area contributed by atoms with E-state index in [1.165, 1.54) is 12.1 Å². The Bertz CT molecular complexity index is 1370. The Labute approximate surface area is 226 Å².